The summed E-state index contributed by atoms with van der Waals surface area (Å²) in [5.74, 6) is -1.66. The highest BCUT2D eigenvalue weighted by Crippen LogP contribution is 2.34. The molecule has 0 spiro atoms. The van der Waals surface area contributed by atoms with Crippen molar-refractivity contribution in [1.29, 1.82) is 0 Å². The quantitative estimate of drug-likeness (QED) is 0.651. The third kappa shape index (κ3) is 4.35. The highest BCUT2D eigenvalue weighted by Gasteiger charge is 2.30. The van der Waals surface area contributed by atoms with Gasteiger partial charge in [-0.25, -0.2) is 0 Å². The molecule has 0 radical (unpaired) electrons. The highest BCUT2D eigenvalue weighted by atomic mass is 32.2. The summed E-state index contributed by atoms with van der Waals surface area (Å²) in [5.41, 5.74) is -0.0912. The Morgan fingerprint density at radius 1 is 0.433 bits per heavy atom. The molecule has 4 nitrogen and oxygen atoms in total. The van der Waals surface area contributed by atoms with E-state index < -0.39 is 11.6 Å². The molecule has 0 atom stereocenters. The van der Waals surface area contributed by atoms with Crippen molar-refractivity contribution >= 4 is 46.7 Å². The molecule has 4 rings (SSSR count). The summed E-state index contributed by atoms with van der Waals surface area (Å²) < 4.78 is 0. The summed E-state index contributed by atoms with van der Waals surface area (Å²) in [6.45, 7) is 0. The Labute approximate surface area is 181 Å². The molecule has 2 aromatic carbocycles. The minimum Gasteiger partial charge on any atom is -0.289 e. The molecular weight excluding hydrogens is 416 g/mol. The van der Waals surface area contributed by atoms with Gasteiger partial charge in [-0.1, -0.05) is 59.9 Å². The lowest BCUT2D eigenvalue weighted by atomic mass is 9.90. The number of ketones is 4. The summed E-state index contributed by atoms with van der Waals surface area (Å²) >= 11 is 2.38. The van der Waals surface area contributed by atoms with Crippen LogP contribution in [0.4, 0.5) is 0 Å². The fourth-order valence-electron chi connectivity index (χ4n) is 2.89. The van der Waals surface area contributed by atoms with Gasteiger partial charge in [0.05, 0.1) is 9.81 Å². The summed E-state index contributed by atoms with van der Waals surface area (Å²) in [4.78, 5) is 52.5. The zero-order valence-electron chi connectivity index (χ0n) is 15.5. The first kappa shape index (κ1) is 20.1. The fraction of sp³-hybridized carbons (Fsp3) is 0. The van der Waals surface area contributed by atoms with Crippen LogP contribution in [0.25, 0.3) is 0 Å². The van der Waals surface area contributed by atoms with Crippen molar-refractivity contribution < 1.29 is 19.2 Å². The smallest absolute Gasteiger partial charge is 0.193 e. The first-order valence-electron chi connectivity index (χ1n) is 9.01. The Hall–Kier alpha value is -3.22. The summed E-state index contributed by atoms with van der Waals surface area (Å²) in [5, 5.41) is 0. The largest absolute Gasteiger partial charge is 0.289 e. The van der Waals surface area contributed by atoms with Crippen molar-refractivity contribution in [2.75, 3.05) is 0 Å². The van der Waals surface area contributed by atoms with Gasteiger partial charge in [-0.15, -0.1) is 0 Å². The molecule has 146 valence electrons. The second kappa shape index (κ2) is 8.65. The first-order valence-corrected chi connectivity index (χ1v) is 10.6. The molecule has 2 aliphatic rings. The Bertz CT molecular complexity index is 1090. The number of allylic oxidation sites excluding steroid dienone is 8. The summed E-state index contributed by atoms with van der Waals surface area (Å²) in [6, 6.07) is 18.4. The molecule has 2 aliphatic carbocycles. The molecule has 0 amide bonds. The minimum absolute atomic E-state index is 0.0456. The second-order valence-electron chi connectivity index (χ2n) is 6.42. The van der Waals surface area contributed by atoms with Crippen molar-refractivity contribution in [2.45, 2.75) is 9.79 Å². The van der Waals surface area contributed by atoms with Crippen LogP contribution in [-0.4, -0.2) is 23.1 Å². The SMILES string of the molecule is O=C1C=C(C2=CC(=O)C(Sc3ccccc3)=CC2=O)C(=O)C=C1Sc1ccccc1. The van der Waals surface area contributed by atoms with Crippen LogP contribution < -0.4 is 0 Å². The maximum absolute atomic E-state index is 12.6. The third-order valence-electron chi connectivity index (χ3n) is 4.32. The van der Waals surface area contributed by atoms with Crippen LogP contribution in [0.5, 0.6) is 0 Å². The molecule has 0 N–H and O–H groups in total. The maximum atomic E-state index is 12.6. The van der Waals surface area contributed by atoms with Gasteiger partial charge in [0.25, 0.3) is 0 Å². The lowest BCUT2D eigenvalue weighted by Crippen LogP contribution is -2.20. The molecule has 2 aromatic rings. The van der Waals surface area contributed by atoms with Gasteiger partial charge in [0, 0.05) is 33.1 Å². The van der Waals surface area contributed by atoms with E-state index in [1.165, 1.54) is 35.7 Å². The van der Waals surface area contributed by atoms with E-state index in [2.05, 4.69) is 0 Å². The second-order valence-corrected chi connectivity index (χ2v) is 8.65. The summed E-state index contributed by atoms with van der Waals surface area (Å²) in [7, 11) is 0. The fourth-order valence-corrected chi connectivity index (χ4v) is 4.64. The Kier molecular flexibility index (Phi) is 5.79. The van der Waals surface area contributed by atoms with Crippen LogP contribution >= 0.6 is 23.5 Å². The van der Waals surface area contributed by atoms with Crippen molar-refractivity contribution in [3.63, 3.8) is 0 Å². The van der Waals surface area contributed by atoms with Crippen LogP contribution in [0.15, 0.2) is 116 Å². The molecule has 6 heteroatoms. The number of thioether (sulfide) groups is 2. The highest BCUT2D eigenvalue weighted by molar-refractivity contribution is 8.04. The van der Waals surface area contributed by atoms with Gasteiger partial charge < -0.3 is 0 Å². The maximum Gasteiger partial charge on any atom is 0.193 e. The first-order chi connectivity index (χ1) is 14.5. The molecule has 0 aromatic heterocycles. The molecule has 0 fully saturated rings. The molecule has 0 unspecified atom stereocenters. The third-order valence-corrected chi connectivity index (χ3v) is 6.42. The average molecular weight is 431 g/mol. The number of hydrogen-bond donors (Lipinski definition) is 0. The van der Waals surface area contributed by atoms with Crippen LogP contribution in [0.2, 0.25) is 0 Å². The van der Waals surface area contributed by atoms with Crippen LogP contribution in [0, 0.1) is 0 Å². The van der Waals surface area contributed by atoms with Crippen molar-refractivity contribution in [2.24, 2.45) is 0 Å². The van der Waals surface area contributed by atoms with Gasteiger partial charge in [0.1, 0.15) is 0 Å². The van der Waals surface area contributed by atoms with Crippen LogP contribution in [0.1, 0.15) is 0 Å². The lowest BCUT2D eigenvalue weighted by molar-refractivity contribution is -0.116. The van der Waals surface area contributed by atoms with Crippen LogP contribution in [0.3, 0.4) is 0 Å². The number of carbonyl (C=O) groups excluding carboxylic acids is 4. The van der Waals surface area contributed by atoms with Crippen molar-refractivity contribution in [3.8, 4) is 0 Å². The van der Waals surface area contributed by atoms with E-state index in [9.17, 15) is 19.2 Å². The van der Waals surface area contributed by atoms with Gasteiger partial charge >= 0.3 is 0 Å². The minimum atomic E-state index is -0.465. The molecule has 0 heterocycles. The van der Waals surface area contributed by atoms with Crippen LogP contribution in [-0.2, 0) is 19.2 Å². The predicted molar refractivity (Wildman–Crippen MR) is 117 cm³/mol. The molecule has 0 bridgehead atoms. The Morgan fingerprint density at radius 3 is 1.17 bits per heavy atom. The van der Waals surface area contributed by atoms with Gasteiger partial charge in [-0.3, -0.25) is 19.2 Å². The Balaban J connectivity index is 1.53. The van der Waals surface area contributed by atoms with Crippen molar-refractivity contribution in [1.82, 2.24) is 0 Å². The average Bonchev–Trinajstić information content (AvgIpc) is 2.74. The van der Waals surface area contributed by atoms with E-state index >= 15 is 0 Å². The van der Waals surface area contributed by atoms with Gasteiger partial charge in [-0.05, 0) is 36.4 Å². The van der Waals surface area contributed by atoms with Gasteiger partial charge in [0.2, 0.25) is 0 Å². The zero-order valence-corrected chi connectivity index (χ0v) is 17.2. The van der Waals surface area contributed by atoms with Crippen molar-refractivity contribution in [3.05, 3.63) is 106 Å². The monoisotopic (exact) mass is 430 g/mol. The van der Waals surface area contributed by atoms with E-state index in [-0.39, 0.29) is 32.5 Å². The molecule has 0 saturated carbocycles. The Morgan fingerprint density at radius 2 is 0.800 bits per heavy atom. The number of hydrogen-bond acceptors (Lipinski definition) is 6. The molecule has 30 heavy (non-hydrogen) atoms. The zero-order chi connectivity index (χ0) is 21.1. The molecule has 0 saturated heterocycles. The van der Waals surface area contributed by atoms with E-state index in [0.717, 1.165) is 21.9 Å². The predicted octanol–water partition coefficient (Wildman–Crippen LogP) is 4.50. The standard InChI is InChI=1S/C24H14O4S2/c25-19-13-23(29-15-7-3-1-4-8-15)21(27)11-17(19)18-12-22(28)24(14-20(18)26)30-16-9-5-2-6-10-16/h1-14H. The van der Waals surface area contributed by atoms with E-state index in [4.69, 9.17) is 0 Å². The number of benzene rings is 2. The number of carbonyl (C=O) groups is 4. The van der Waals surface area contributed by atoms with Gasteiger partial charge in [-0.2, -0.15) is 0 Å². The number of rotatable bonds is 5. The topological polar surface area (TPSA) is 68.3 Å². The summed E-state index contributed by atoms with van der Waals surface area (Å²) in [6.07, 6.45) is 4.75. The molecule has 0 aliphatic heterocycles. The van der Waals surface area contributed by atoms with Gasteiger partial charge in [0.15, 0.2) is 23.1 Å². The van der Waals surface area contributed by atoms with E-state index in [0.29, 0.717) is 0 Å². The lowest BCUT2D eigenvalue weighted by Gasteiger charge is -2.16. The normalized spacial score (nSPS) is 16.7. The molecular formula is C24H14O4S2. The van der Waals surface area contributed by atoms with E-state index in [1.807, 2.05) is 60.7 Å². The van der Waals surface area contributed by atoms with E-state index in [1.54, 1.807) is 0 Å².